The van der Waals surface area contributed by atoms with Crippen LogP contribution in [0.5, 0.6) is 0 Å². The summed E-state index contributed by atoms with van der Waals surface area (Å²) in [6.07, 6.45) is 0. The molecule has 4 nitrogen and oxygen atoms in total. The Bertz CT molecular complexity index is 602. The lowest BCUT2D eigenvalue weighted by Gasteiger charge is -2.05. The molecule has 19 heavy (non-hydrogen) atoms. The van der Waals surface area contributed by atoms with Gasteiger partial charge in [-0.1, -0.05) is 29.8 Å². The van der Waals surface area contributed by atoms with Crippen LogP contribution in [0.1, 0.15) is 23.9 Å². The van der Waals surface area contributed by atoms with Gasteiger partial charge in [-0.2, -0.15) is 5.10 Å². The first-order valence-corrected chi connectivity index (χ1v) is 6.31. The number of hydrogen-bond acceptors (Lipinski definition) is 4. The number of rotatable bonds is 3. The summed E-state index contributed by atoms with van der Waals surface area (Å²) < 4.78 is 0. The SMILES string of the molecule is CC(=NNc1nc(C)cc(C)n1)c1ccccc1Cl. The molecular formula is C14H15ClN4. The summed E-state index contributed by atoms with van der Waals surface area (Å²) in [5.41, 5.74) is 6.34. The van der Waals surface area contributed by atoms with Gasteiger partial charge in [0.15, 0.2) is 0 Å². The normalized spacial score (nSPS) is 11.5. The Morgan fingerprint density at radius 2 is 1.79 bits per heavy atom. The molecule has 1 aromatic carbocycles. The third-order valence-corrected chi connectivity index (χ3v) is 2.90. The predicted molar refractivity (Wildman–Crippen MR) is 78.8 cm³/mol. The fourth-order valence-electron chi connectivity index (χ4n) is 1.72. The molecule has 1 aromatic heterocycles. The van der Waals surface area contributed by atoms with E-state index in [9.17, 15) is 0 Å². The van der Waals surface area contributed by atoms with E-state index in [1.54, 1.807) is 0 Å². The van der Waals surface area contributed by atoms with Crippen molar-refractivity contribution in [2.24, 2.45) is 5.10 Å². The second kappa shape index (κ2) is 5.80. The average molecular weight is 275 g/mol. The highest BCUT2D eigenvalue weighted by Crippen LogP contribution is 2.16. The van der Waals surface area contributed by atoms with Crippen molar-refractivity contribution in [3.63, 3.8) is 0 Å². The Balaban J connectivity index is 2.20. The number of hydrogen-bond donors (Lipinski definition) is 1. The lowest BCUT2D eigenvalue weighted by atomic mass is 10.1. The van der Waals surface area contributed by atoms with Gasteiger partial charge in [0.1, 0.15) is 0 Å². The average Bonchev–Trinajstić information content (AvgIpc) is 2.35. The van der Waals surface area contributed by atoms with E-state index in [-0.39, 0.29) is 0 Å². The van der Waals surface area contributed by atoms with E-state index in [0.29, 0.717) is 11.0 Å². The van der Waals surface area contributed by atoms with E-state index in [0.717, 1.165) is 22.7 Å². The molecule has 98 valence electrons. The lowest BCUT2D eigenvalue weighted by Crippen LogP contribution is -2.04. The number of halogens is 1. The molecule has 5 heteroatoms. The highest BCUT2D eigenvalue weighted by Gasteiger charge is 2.03. The Labute approximate surface area is 117 Å². The van der Waals surface area contributed by atoms with E-state index in [2.05, 4.69) is 20.5 Å². The molecule has 1 N–H and O–H groups in total. The number of nitrogens with zero attached hydrogens (tertiary/aromatic N) is 3. The highest BCUT2D eigenvalue weighted by atomic mass is 35.5. The van der Waals surface area contributed by atoms with Crippen LogP contribution in [0, 0.1) is 13.8 Å². The van der Waals surface area contributed by atoms with Gasteiger partial charge in [-0.25, -0.2) is 15.4 Å². The maximum atomic E-state index is 6.11. The van der Waals surface area contributed by atoms with Crippen LogP contribution in [-0.4, -0.2) is 15.7 Å². The minimum Gasteiger partial charge on any atom is -0.245 e. The lowest BCUT2D eigenvalue weighted by molar-refractivity contribution is 1.03. The number of anilines is 1. The van der Waals surface area contributed by atoms with Crippen LogP contribution in [0.3, 0.4) is 0 Å². The predicted octanol–water partition coefficient (Wildman–Crippen LogP) is 3.58. The number of benzene rings is 1. The summed E-state index contributed by atoms with van der Waals surface area (Å²) >= 11 is 6.11. The molecule has 2 rings (SSSR count). The molecule has 0 saturated carbocycles. The zero-order valence-corrected chi connectivity index (χ0v) is 11.9. The van der Waals surface area contributed by atoms with Crippen LogP contribution in [-0.2, 0) is 0 Å². The number of nitrogens with one attached hydrogen (secondary N) is 1. The Kier molecular flexibility index (Phi) is 4.12. The Hall–Kier alpha value is -1.94. The Morgan fingerprint density at radius 3 is 2.42 bits per heavy atom. The van der Waals surface area contributed by atoms with Crippen LogP contribution in [0.4, 0.5) is 5.95 Å². The molecular weight excluding hydrogens is 260 g/mol. The molecule has 0 fully saturated rings. The zero-order chi connectivity index (χ0) is 13.8. The second-order valence-electron chi connectivity index (χ2n) is 4.26. The fourth-order valence-corrected chi connectivity index (χ4v) is 2.00. The number of hydrazone groups is 1. The summed E-state index contributed by atoms with van der Waals surface area (Å²) in [5.74, 6) is 0.490. The van der Waals surface area contributed by atoms with E-state index in [4.69, 9.17) is 11.6 Å². The molecule has 0 aliphatic carbocycles. The van der Waals surface area contributed by atoms with Crippen molar-refractivity contribution in [1.29, 1.82) is 0 Å². The van der Waals surface area contributed by atoms with Crippen molar-refractivity contribution in [3.8, 4) is 0 Å². The van der Waals surface area contributed by atoms with Crippen molar-refractivity contribution >= 4 is 23.3 Å². The van der Waals surface area contributed by atoms with Crippen molar-refractivity contribution in [3.05, 3.63) is 52.3 Å². The standard InChI is InChI=1S/C14H15ClN4/c1-9-8-10(2)17-14(16-9)19-18-11(3)12-6-4-5-7-13(12)15/h4-8H,1-3H3,(H,16,17,19). The van der Waals surface area contributed by atoms with E-state index >= 15 is 0 Å². The maximum Gasteiger partial charge on any atom is 0.243 e. The quantitative estimate of drug-likeness (QED) is 0.687. The number of aromatic nitrogens is 2. The van der Waals surface area contributed by atoms with Crippen LogP contribution in [0.2, 0.25) is 5.02 Å². The summed E-state index contributed by atoms with van der Waals surface area (Å²) in [7, 11) is 0. The minimum absolute atomic E-state index is 0.490. The van der Waals surface area contributed by atoms with Gasteiger partial charge in [-0.05, 0) is 32.9 Å². The molecule has 0 amide bonds. The summed E-state index contributed by atoms with van der Waals surface area (Å²) in [4.78, 5) is 8.52. The molecule has 2 aromatic rings. The molecule has 0 radical (unpaired) electrons. The fraction of sp³-hybridized carbons (Fsp3) is 0.214. The maximum absolute atomic E-state index is 6.11. The van der Waals surface area contributed by atoms with Gasteiger partial charge in [0.25, 0.3) is 0 Å². The minimum atomic E-state index is 0.490. The first kappa shape index (κ1) is 13.5. The van der Waals surface area contributed by atoms with Gasteiger partial charge in [0.2, 0.25) is 5.95 Å². The topological polar surface area (TPSA) is 50.2 Å². The summed E-state index contributed by atoms with van der Waals surface area (Å²) in [5, 5.41) is 4.94. The van der Waals surface area contributed by atoms with Crippen molar-refractivity contribution in [1.82, 2.24) is 9.97 Å². The van der Waals surface area contributed by atoms with Crippen LogP contribution >= 0.6 is 11.6 Å². The van der Waals surface area contributed by atoms with Crippen molar-refractivity contribution in [2.75, 3.05) is 5.43 Å². The summed E-state index contributed by atoms with van der Waals surface area (Å²) in [6.45, 7) is 5.73. The first-order valence-electron chi connectivity index (χ1n) is 5.94. The smallest absolute Gasteiger partial charge is 0.243 e. The van der Waals surface area contributed by atoms with Gasteiger partial charge in [-0.3, -0.25) is 0 Å². The van der Waals surface area contributed by atoms with Crippen LogP contribution in [0.25, 0.3) is 0 Å². The zero-order valence-electron chi connectivity index (χ0n) is 11.1. The Morgan fingerprint density at radius 1 is 1.16 bits per heavy atom. The van der Waals surface area contributed by atoms with E-state index in [1.807, 2.05) is 51.1 Å². The van der Waals surface area contributed by atoms with Crippen LogP contribution < -0.4 is 5.43 Å². The third-order valence-electron chi connectivity index (χ3n) is 2.57. The molecule has 0 unspecified atom stereocenters. The second-order valence-corrected chi connectivity index (χ2v) is 4.67. The van der Waals surface area contributed by atoms with Gasteiger partial charge >= 0.3 is 0 Å². The third kappa shape index (κ3) is 3.51. The molecule has 1 heterocycles. The van der Waals surface area contributed by atoms with Gasteiger partial charge in [-0.15, -0.1) is 0 Å². The molecule has 0 saturated heterocycles. The van der Waals surface area contributed by atoms with Crippen molar-refractivity contribution in [2.45, 2.75) is 20.8 Å². The molecule has 0 bridgehead atoms. The molecule has 0 aliphatic rings. The van der Waals surface area contributed by atoms with Gasteiger partial charge < -0.3 is 0 Å². The van der Waals surface area contributed by atoms with Gasteiger partial charge in [0, 0.05) is 22.0 Å². The molecule has 0 atom stereocenters. The largest absolute Gasteiger partial charge is 0.245 e. The van der Waals surface area contributed by atoms with Crippen LogP contribution in [0.15, 0.2) is 35.4 Å². The molecule has 0 aliphatic heterocycles. The van der Waals surface area contributed by atoms with Crippen molar-refractivity contribution < 1.29 is 0 Å². The first-order chi connectivity index (χ1) is 9.06. The summed E-state index contributed by atoms with van der Waals surface area (Å²) in [6, 6.07) is 9.48. The number of aryl methyl sites for hydroxylation is 2. The highest BCUT2D eigenvalue weighted by molar-refractivity contribution is 6.34. The van der Waals surface area contributed by atoms with E-state index in [1.165, 1.54) is 0 Å². The molecule has 0 spiro atoms. The monoisotopic (exact) mass is 274 g/mol. The van der Waals surface area contributed by atoms with E-state index < -0.39 is 0 Å². The van der Waals surface area contributed by atoms with Gasteiger partial charge in [0.05, 0.1) is 5.71 Å².